The Bertz CT molecular complexity index is 839. The van der Waals surface area contributed by atoms with E-state index >= 15 is 0 Å². The molecule has 0 spiro atoms. The van der Waals surface area contributed by atoms with Crippen LogP contribution < -0.4 is 10.6 Å². The molecule has 1 aromatic rings. The average Bonchev–Trinajstić information content (AvgIpc) is 3.22. The summed E-state index contributed by atoms with van der Waals surface area (Å²) >= 11 is 0. The summed E-state index contributed by atoms with van der Waals surface area (Å²) in [6, 6.07) is 8.14. The summed E-state index contributed by atoms with van der Waals surface area (Å²) in [6.45, 7) is 2.96. The van der Waals surface area contributed by atoms with Crippen LogP contribution in [0.4, 0.5) is 5.69 Å². The number of nitrogens with one attached hydrogen (secondary N) is 2. The highest BCUT2D eigenvalue weighted by Gasteiger charge is 2.81. The van der Waals surface area contributed by atoms with Gasteiger partial charge in [0, 0.05) is 18.2 Å². The molecule has 0 radical (unpaired) electrons. The molecule has 5 rings (SSSR count). The van der Waals surface area contributed by atoms with Gasteiger partial charge in [-0.15, -0.1) is 0 Å². The first-order valence-corrected chi connectivity index (χ1v) is 9.70. The second-order valence-corrected chi connectivity index (χ2v) is 8.12. The van der Waals surface area contributed by atoms with Crippen molar-refractivity contribution in [2.24, 2.45) is 11.3 Å². The lowest BCUT2D eigenvalue weighted by Crippen LogP contribution is -2.78. The SMILES string of the molecule is C/C=C1\CNC2C[C@@H]1C(CO)(C(=O)OC)[C@@]13CCO[C@@]21Nc1ccccc13. The molecule has 1 aliphatic carbocycles. The number of anilines is 1. The summed E-state index contributed by atoms with van der Waals surface area (Å²) in [6.07, 6.45) is 3.46. The molecule has 144 valence electrons. The van der Waals surface area contributed by atoms with Gasteiger partial charge in [-0.05, 0) is 31.4 Å². The highest BCUT2D eigenvalue weighted by Crippen LogP contribution is 2.70. The summed E-state index contributed by atoms with van der Waals surface area (Å²) in [7, 11) is 1.42. The minimum atomic E-state index is -1.09. The molecule has 0 amide bonds. The molecule has 2 saturated heterocycles. The lowest BCUT2D eigenvalue weighted by Gasteiger charge is -2.62. The Morgan fingerprint density at radius 1 is 1.44 bits per heavy atom. The average molecular weight is 370 g/mol. The fraction of sp³-hybridized carbons (Fsp3) is 0.571. The lowest BCUT2D eigenvalue weighted by atomic mass is 9.44. The normalized spacial score (nSPS) is 42.9. The van der Waals surface area contributed by atoms with Gasteiger partial charge in [0.05, 0.1) is 31.8 Å². The van der Waals surface area contributed by atoms with Gasteiger partial charge in [-0.25, -0.2) is 0 Å². The van der Waals surface area contributed by atoms with Crippen molar-refractivity contribution in [2.75, 3.05) is 32.2 Å². The van der Waals surface area contributed by atoms with Crippen LogP contribution in [0.5, 0.6) is 0 Å². The van der Waals surface area contributed by atoms with Crippen LogP contribution >= 0.6 is 0 Å². The van der Waals surface area contributed by atoms with Gasteiger partial charge >= 0.3 is 5.97 Å². The van der Waals surface area contributed by atoms with Crippen LogP contribution in [0.25, 0.3) is 0 Å². The van der Waals surface area contributed by atoms with E-state index in [1.807, 2.05) is 25.1 Å². The number of esters is 1. The van der Waals surface area contributed by atoms with Gasteiger partial charge in [0.25, 0.3) is 0 Å². The van der Waals surface area contributed by atoms with Crippen LogP contribution in [0, 0.1) is 11.3 Å². The zero-order valence-electron chi connectivity index (χ0n) is 15.7. The third-order valence-corrected chi connectivity index (χ3v) is 7.64. The van der Waals surface area contributed by atoms with Crippen molar-refractivity contribution in [2.45, 2.75) is 36.9 Å². The number of aliphatic hydroxyl groups excluding tert-OH is 1. The van der Waals surface area contributed by atoms with Crippen LogP contribution in [0.15, 0.2) is 35.9 Å². The van der Waals surface area contributed by atoms with Crippen LogP contribution in [-0.2, 0) is 19.7 Å². The van der Waals surface area contributed by atoms with Crippen molar-refractivity contribution < 1.29 is 19.4 Å². The van der Waals surface area contributed by atoms with Crippen molar-refractivity contribution in [1.82, 2.24) is 5.32 Å². The van der Waals surface area contributed by atoms with Gasteiger partial charge in [-0.3, -0.25) is 4.79 Å². The van der Waals surface area contributed by atoms with Gasteiger partial charge in [-0.2, -0.15) is 0 Å². The fourth-order valence-corrected chi connectivity index (χ4v) is 6.67. The molecule has 0 aromatic heterocycles. The minimum absolute atomic E-state index is 0.0467. The number of carbonyl (C=O) groups is 1. The molecule has 6 nitrogen and oxygen atoms in total. The third-order valence-electron chi connectivity index (χ3n) is 7.64. The second-order valence-electron chi connectivity index (χ2n) is 8.12. The van der Waals surface area contributed by atoms with E-state index in [9.17, 15) is 9.90 Å². The van der Waals surface area contributed by atoms with E-state index in [2.05, 4.69) is 22.8 Å². The zero-order valence-corrected chi connectivity index (χ0v) is 15.7. The Balaban J connectivity index is 1.87. The van der Waals surface area contributed by atoms with Gasteiger partial charge in [0.15, 0.2) is 5.72 Å². The molecule has 2 unspecified atom stereocenters. The summed E-state index contributed by atoms with van der Waals surface area (Å²) in [4.78, 5) is 13.5. The van der Waals surface area contributed by atoms with E-state index in [1.54, 1.807) is 0 Å². The Morgan fingerprint density at radius 3 is 3.00 bits per heavy atom. The van der Waals surface area contributed by atoms with Gasteiger partial charge in [0.2, 0.25) is 0 Å². The number of aliphatic hydroxyl groups is 1. The predicted molar refractivity (Wildman–Crippen MR) is 100 cm³/mol. The van der Waals surface area contributed by atoms with Crippen molar-refractivity contribution in [3.8, 4) is 0 Å². The number of piperidine rings is 1. The smallest absolute Gasteiger partial charge is 0.315 e. The van der Waals surface area contributed by atoms with Crippen molar-refractivity contribution >= 4 is 11.7 Å². The Kier molecular flexibility index (Phi) is 3.55. The number of benzene rings is 1. The largest absolute Gasteiger partial charge is 0.468 e. The molecular formula is C21H26N2O4. The molecule has 1 aromatic carbocycles. The molecule has 3 N–H and O–H groups in total. The zero-order chi connectivity index (χ0) is 18.9. The molecule has 5 atom stereocenters. The quantitative estimate of drug-likeness (QED) is 0.542. The Morgan fingerprint density at radius 2 is 2.26 bits per heavy atom. The molecule has 2 bridgehead atoms. The molecule has 4 aliphatic rings. The number of carbonyl (C=O) groups excluding carboxylic acids is 1. The standard InChI is InChI=1S/C21H26N2O4/c1-3-13-11-22-17-10-15(13)19(12-24,18(25)26-2)20-8-9-27-21(17,20)23-16-7-5-4-6-14(16)20/h3-7,15,17,22-24H,8-12H2,1-2H3/b13-3+/t15-,17?,19?,20-,21-/m0/s1. The second kappa shape index (κ2) is 5.56. The lowest BCUT2D eigenvalue weighted by molar-refractivity contribution is -0.192. The van der Waals surface area contributed by atoms with Crippen molar-refractivity contribution in [3.63, 3.8) is 0 Å². The number of hydrogen-bond donors (Lipinski definition) is 3. The van der Waals surface area contributed by atoms with Crippen molar-refractivity contribution in [1.29, 1.82) is 0 Å². The molecule has 3 fully saturated rings. The number of ether oxygens (including phenoxy) is 2. The molecule has 6 heteroatoms. The summed E-state index contributed by atoms with van der Waals surface area (Å²) in [5.74, 6) is -0.433. The summed E-state index contributed by atoms with van der Waals surface area (Å²) in [5.41, 5.74) is 0.658. The first-order valence-electron chi connectivity index (χ1n) is 9.70. The summed E-state index contributed by atoms with van der Waals surface area (Å²) < 4.78 is 11.8. The molecular weight excluding hydrogens is 344 g/mol. The number of methoxy groups -OCH3 is 1. The van der Waals surface area contributed by atoms with E-state index in [0.717, 1.165) is 23.2 Å². The number of allylic oxidation sites excluding steroid dienone is 1. The van der Waals surface area contributed by atoms with Gasteiger partial charge in [-0.1, -0.05) is 29.8 Å². The summed E-state index contributed by atoms with van der Waals surface area (Å²) in [5, 5.41) is 18.1. The number of fused-ring (bicyclic) bond motifs is 3. The maximum absolute atomic E-state index is 13.5. The Hall–Kier alpha value is -1.89. The molecule has 3 heterocycles. The number of hydrogen-bond acceptors (Lipinski definition) is 6. The topological polar surface area (TPSA) is 79.8 Å². The maximum atomic E-state index is 13.5. The predicted octanol–water partition coefficient (Wildman–Crippen LogP) is 1.56. The van der Waals surface area contributed by atoms with E-state index in [4.69, 9.17) is 9.47 Å². The maximum Gasteiger partial charge on any atom is 0.315 e. The first kappa shape index (κ1) is 17.2. The molecule has 27 heavy (non-hydrogen) atoms. The molecule has 1 saturated carbocycles. The fourth-order valence-electron chi connectivity index (χ4n) is 6.67. The van der Waals surface area contributed by atoms with E-state index in [0.29, 0.717) is 19.6 Å². The van der Waals surface area contributed by atoms with Crippen LogP contribution in [-0.4, -0.2) is 49.7 Å². The number of rotatable bonds is 2. The highest BCUT2D eigenvalue weighted by atomic mass is 16.5. The van der Waals surface area contributed by atoms with Crippen LogP contribution in [0.1, 0.15) is 25.3 Å². The highest BCUT2D eigenvalue weighted by molar-refractivity contribution is 5.85. The van der Waals surface area contributed by atoms with E-state index in [1.165, 1.54) is 7.11 Å². The van der Waals surface area contributed by atoms with E-state index < -0.39 is 16.6 Å². The number of para-hydroxylation sites is 1. The Labute approximate surface area is 158 Å². The first-order chi connectivity index (χ1) is 13.1. The minimum Gasteiger partial charge on any atom is -0.468 e. The van der Waals surface area contributed by atoms with Crippen LogP contribution in [0.2, 0.25) is 0 Å². The van der Waals surface area contributed by atoms with Gasteiger partial charge in [0.1, 0.15) is 5.41 Å². The van der Waals surface area contributed by atoms with Crippen LogP contribution in [0.3, 0.4) is 0 Å². The third kappa shape index (κ3) is 1.67. The molecule has 3 aliphatic heterocycles. The van der Waals surface area contributed by atoms with Crippen molar-refractivity contribution in [3.05, 3.63) is 41.5 Å². The monoisotopic (exact) mass is 370 g/mol. The van der Waals surface area contributed by atoms with Gasteiger partial charge < -0.3 is 25.2 Å². The van der Waals surface area contributed by atoms with E-state index in [-0.39, 0.29) is 24.5 Å².